The molecule has 2 aromatic carbocycles. The van der Waals surface area contributed by atoms with E-state index in [1.54, 1.807) is 12.1 Å². The summed E-state index contributed by atoms with van der Waals surface area (Å²) in [5.74, 6) is 1.10. The van der Waals surface area contributed by atoms with Crippen LogP contribution in [0.15, 0.2) is 53.3 Å². The first kappa shape index (κ1) is 22.6. The Morgan fingerprint density at radius 1 is 1.00 bits per heavy atom. The number of carbonyl (C=O) groups is 1. The number of unbranched alkanes of at least 4 members (excludes halogenated alkanes) is 2. The molecule has 2 aromatic heterocycles. The molecule has 0 bridgehead atoms. The largest absolute Gasteiger partial charge is 0.346 e. The molecule has 1 N–H and O–H groups in total. The fraction of sp³-hybridized carbons (Fsp3) is 0.400. The van der Waals surface area contributed by atoms with E-state index in [-0.39, 0.29) is 23.4 Å². The summed E-state index contributed by atoms with van der Waals surface area (Å²) in [6, 6.07) is 15.1. The molecular formula is C25H30N6O2. The first-order valence-corrected chi connectivity index (χ1v) is 11.5. The molecule has 0 aliphatic heterocycles. The third kappa shape index (κ3) is 4.94. The molecule has 0 fully saturated rings. The van der Waals surface area contributed by atoms with E-state index in [0.29, 0.717) is 23.9 Å². The quantitative estimate of drug-likeness (QED) is 0.395. The molecule has 0 aliphatic rings. The van der Waals surface area contributed by atoms with E-state index >= 15 is 0 Å². The molecule has 8 nitrogen and oxygen atoms in total. The van der Waals surface area contributed by atoms with Crippen molar-refractivity contribution in [3.05, 3.63) is 64.7 Å². The fourth-order valence-corrected chi connectivity index (χ4v) is 4.11. The molecule has 0 radical (unpaired) electrons. The van der Waals surface area contributed by atoms with Crippen molar-refractivity contribution >= 4 is 27.8 Å². The first-order valence-electron chi connectivity index (χ1n) is 11.5. The van der Waals surface area contributed by atoms with E-state index in [0.717, 1.165) is 36.1 Å². The van der Waals surface area contributed by atoms with Gasteiger partial charge < -0.3 is 9.88 Å². The van der Waals surface area contributed by atoms with E-state index in [9.17, 15) is 9.59 Å². The van der Waals surface area contributed by atoms with Gasteiger partial charge in [-0.1, -0.05) is 49.7 Å². The van der Waals surface area contributed by atoms with E-state index in [2.05, 4.69) is 34.0 Å². The SMILES string of the molecule is CC(C)[C@@H](NC(=O)CCCCCn1nnc2ccccc2c1=O)c1nc2ccccc2n1C. The van der Waals surface area contributed by atoms with Gasteiger partial charge in [-0.15, -0.1) is 5.10 Å². The fourth-order valence-electron chi connectivity index (χ4n) is 4.11. The Balaban J connectivity index is 1.30. The van der Waals surface area contributed by atoms with Crippen LogP contribution >= 0.6 is 0 Å². The lowest BCUT2D eigenvalue weighted by Crippen LogP contribution is -2.33. The highest BCUT2D eigenvalue weighted by molar-refractivity contribution is 5.78. The van der Waals surface area contributed by atoms with Crippen molar-refractivity contribution in [3.8, 4) is 0 Å². The van der Waals surface area contributed by atoms with Crippen LogP contribution in [0, 0.1) is 5.92 Å². The average molecular weight is 447 g/mol. The van der Waals surface area contributed by atoms with Gasteiger partial charge in [-0.05, 0) is 43.0 Å². The number of rotatable bonds is 9. The Hall–Kier alpha value is -3.55. The minimum absolute atomic E-state index is 0.0171. The number of amides is 1. The molecular weight excluding hydrogens is 416 g/mol. The van der Waals surface area contributed by atoms with E-state index < -0.39 is 0 Å². The minimum atomic E-state index is -0.152. The Morgan fingerprint density at radius 3 is 2.48 bits per heavy atom. The van der Waals surface area contributed by atoms with Crippen LogP contribution in [0.3, 0.4) is 0 Å². The maximum absolute atomic E-state index is 12.7. The summed E-state index contributed by atoms with van der Waals surface area (Å²) in [5.41, 5.74) is 2.47. The molecule has 8 heteroatoms. The predicted octanol–water partition coefficient (Wildman–Crippen LogP) is 3.75. The number of para-hydroxylation sites is 2. The smallest absolute Gasteiger partial charge is 0.277 e. The molecule has 0 unspecified atom stereocenters. The van der Waals surface area contributed by atoms with Gasteiger partial charge in [-0.2, -0.15) is 0 Å². The number of fused-ring (bicyclic) bond motifs is 2. The van der Waals surface area contributed by atoms with Crippen LogP contribution in [0.5, 0.6) is 0 Å². The highest BCUT2D eigenvalue weighted by Crippen LogP contribution is 2.25. The summed E-state index contributed by atoms with van der Waals surface area (Å²) in [6.45, 7) is 4.67. The van der Waals surface area contributed by atoms with Gasteiger partial charge in [0.2, 0.25) is 5.91 Å². The van der Waals surface area contributed by atoms with Gasteiger partial charge in [-0.25, -0.2) is 9.67 Å². The number of aromatic nitrogens is 5. The second-order valence-corrected chi connectivity index (χ2v) is 8.75. The highest BCUT2D eigenvalue weighted by atomic mass is 16.1. The number of aryl methyl sites for hydroxylation is 2. The zero-order chi connectivity index (χ0) is 23.4. The Kier molecular flexibility index (Phi) is 6.82. The lowest BCUT2D eigenvalue weighted by atomic mass is 10.0. The number of nitrogens with zero attached hydrogens (tertiary/aromatic N) is 5. The molecule has 33 heavy (non-hydrogen) atoms. The van der Waals surface area contributed by atoms with Gasteiger partial charge in [0.05, 0.1) is 22.5 Å². The molecule has 1 atom stereocenters. The van der Waals surface area contributed by atoms with Gasteiger partial charge in [0.15, 0.2) is 0 Å². The summed E-state index contributed by atoms with van der Waals surface area (Å²) in [4.78, 5) is 29.9. The average Bonchev–Trinajstić information content (AvgIpc) is 3.15. The maximum atomic E-state index is 12.7. The molecule has 0 spiro atoms. The molecule has 4 aromatic rings. The molecule has 0 saturated heterocycles. The van der Waals surface area contributed by atoms with Crippen LogP contribution in [0.25, 0.3) is 21.9 Å². The van der Waals surface area contributed by atoms with Crippen LogP contribution < -0.4 is 10.9 Å². The maximum Gasteiger partial charge on any atom is 0.277 e. The number of benzene rings is 2. The number of imidazole rings is 1. The van der Waals surface area contributed by atoms with Crippen molar-refractivity contribution in [2.45, 2.75) is 52.1 Å². The molecule has 172 valence electrons. The summed E-state index contributed by atoms with van der Waals surface area (Å²) in [5, 5.41) is 11.9. The molecule has 4 rings (SSSR count). The number of carbonyl (C=O) groups excluding carboxylic acids is 1. The lowest BCUT2D eigenvalue weighted by molar-refractivity contribution is -0.122. The molecule has 2 heterocycles. The van der Waals surface area contributed by atoms with Crippen LogP contribution in [-0.4, -0.2) is 30.5 Å². The predicted molar refractivity (Wildman–Crippen MR) is 129 cm³/mol. The Labute approximate surface area is 192 Å². The molecule has 0 aliphatic carbocycles. The van der Waals surface area contributed by atoms with Crippen LogP contribution in [-0.2, 0) is 18.4 Å². The third-order valence-electron chi connectivity index (χ3n) is 5.99. The first-order chi connectivity index (χ1) is 16.0. The van der Waals surface area contributed by atoms with E-state index in [1.165, 1.54) is 4.68 Å². The Bertz CT molecular complexity index is 1320. The van der Waals surface area contributed by atoms with Gasteiger partial charge in [0.25, 0.3) is 5.56 Å². The zero-order valence-electron chi connectivity index (χ0n) is 19.4. The van der Waals surface area contributed by atoms with E-state index in [1.807, 2.05) is 43.4 Å². The van der Waals surface area contributed by atoms with Crippen LogP contribution in [0.4, 0.5) is 0 Å². The molecule has 1 amide bonds. The van der Waals surface area contributed by atoms with Crippen molar-refractivity contribution in [1.82, 2.24) is 29.9 Å². The second kappa shape index (κ2) is 9.94. The third-order valence-corrected chi connectivity index (χ3v) is 5.99. The summed E-state index contributed by atoms with van der Waals surface area (Å²) in [6.07, 6.45) is 2.77. The zero-order valence-corrected chi connectivity index (χ0v) is 19.4. The molecule has 0 saturated carbocycles. The normalized spacial score (nSPS) is 12.5. The highest BCUT2D eigenvalue weighted by Gasteiger charge is 2.23. The lowest BCUT2D eigenvalue weighted by Gasteiger charge is -2.22. The van der Waals surface area contributed by atoms with Gasteiger partial charge in [0, 0.05) is 20.0 Å². The monoisotopic (exact) mass is 446 g/mol. The van der Waals surface area contributed by atoms with Crippen molar-refractivity contribution in [3.63, 3.8) is 0 Å². The van der Waals surface area contributed by atoms with E-state index in [4.69, 9.17) is 4.98 Å². The van der Waals surface area contributed by atoms with Crippen molar-refractivity contribution in [2.24, 2.45) is 13.0 Å². The van der Waals surface area contributed by atoms with Crippen LogP contribution in [0.2, 0.25) is 0 Å². The number of hydrogen-bond donors (Lipinski definition) is 1. The minimum Gasteiger partial charge on any atom is -0.346 e. The van der Waals surface area contributed by atoms with Crippen molar-refractivity contribution in [1.29, 1.82) is 0 Å². The standard InChI is InChI=1S/C25H30N6O2/c1-17(2)23(24-26-20-13-8-9-14-21(20)30(24)3)27-22(32)15-5-4-10-16-31-25(33)18-11-6-7-12-19(18)28-29-31/h6-9,11-14,17,23H,4-5,10,15-16H2,1-3H3,(H,27,32)/t23-/m1/s1. The number of nitrogens with one attached hydrogen (secondary N) is 1. The second-order valence-electron chi connectivity index (χ2n) is 8.75. The van der Waals surface area contributed by atoms with Crippen molar-refractivity contribution < 1.29 is 4.79 Å². The van der Waals surface area contributed by atoms with Gasteiger partial charge >= 0.3 is 0 Å². The van der Waals surface area contributed by atoms with Gasteiger partial charge in [-0.3, -0.25) is 9.59 Å². The summed E-state index contributed by atoms with van der Waals surface area (Å²) < 4.78 is 3.46. The Morgan fingerprint density at radius 2 is 1.73 bits per heavy atom. The number of hydrogen-bond acceptors (Lipinski definition) is 5. The van der Waals surface area contributed by atoms with Crippen LogP contribution in [0.1, 0.15) is 51.4 Å². The van der Waals surface area contributed by atoms with Crippen molar-refractivity contribution in [2.75, 3.05) is 0 Å². The van der Waals surface area contributed by atoms with Gasteiger partial charge in [0.1, 0.15) is 11.3 Å². The summed E-state index contributed by atoms with van der Waals surface area (Å²) in [7, 11) is 1.99. The summed E-state index contributed by atoms with van der Waals surface area (Å²) >= 11 is 0. The topological polar surface area (TPSA) is 94.7 Å².